The molecule has 1 aromatic carbocycles. The van der Waals surface area contributed by atoms with Crippen molar-refractivity contribution in [2.24, 2.45) is 0 Å². The van der Waals surface area contributed by atoms with Gasteiger partial charge in [-0.05, 0) is 25.8 Å². The zero-order valence-corrected chi connectivity index (χ0v) is 13.7. The first kappa shape index (κ1) is 18.1. The molecule has 0 aliphatic carbocycles. The lowest BCUT2D eigenvalue weighted by Gasteiger charge is -2.08. The Balaban J connectivity index is 2.39. The maximum Gasteiger partial charge on any atom is 0.311 e. The third kappa shape index (κ3) is 6.55. The largest absolute Gasteiger partial charge is 0.466 e. The quantitative estimate of drug-likeness (QED) is 0.309. The van der Waals surface area contributed by atoms with Gasteiger partial charge in [-0.25, -0.2) is 0 Å². The van der Waals surface area contributed by atoms with Crippen molar-refractivity contribution in [2.45, 2.75) is 32.6 Å². The van der Waals surface area contributed by atoms with Crippen LogP contribution >= 0.6 is 34.8 Å². The highest BCUT2D eigenvalue weighted by atomic mass is 35.5. The highest BCUT2D eigenvalue weighted by Gasteiger charge is 2.12. The Bertz CT molecular complexity index is 517. The van der Waals surface area contributed by atoms with E-state index in [9.17, 15) is 9.59 Å². The minimum Gasteiger partial charge on any atom is -0.466 e. The lowest BCUT2D eigenvalue weighted by molar-refractivity contribution is -0.143. The van der Waals surface area contributed by atoms with Crippen LogP contribution in [-0.4, -0.2) is 18.5 Å². The van der Waals surface area contributed by atoms with Gasteiger partial charge >= 0.3 is 11.9 Å². The van der Waals surface area contributed by atoms with Crippen molar-refractivity contribution < 1.29 is 19.1 Å². The molecule has 1 rings (SSSR count). The molecule has 1 aromatic rings. The summed E-state index contributed by atoms with van der Waals surface area (Å²) in [5.41, 5.74) is 0. The maximum absolute atomic E-state index is 11.7. The highest BCUT2D eigenvalue weighted by molar-refractivity contribution is 6.44. The fourth-order valence-electron chi connectivity index (χ4n) is 1.55. The van der Waals surface area contributed by atoms with E-state index in [0.29, 0.717) is 24.5 Å². The molecule has 4 nitrogen and oxygen atoms in total. The molecule has 0 spiro atoms. The molecule has 0 saturated heterocycles. The van der Waals surface area contributed by atoms with Crippen LogP contribution in [0.25, 0.3) is 0 Å². The van der Waals surface area contributed by atoms with Crippen molar-refractivity contribution in [3.63, 3.8) is 0 Å². The van der Waals surface area contributed by atoms with Crippen LogP contribution in [-0.2, 0) is 14.3 Å². The Morgan fingerprint density at radius 3 is 2.29 bits per heavy atom. The molecule has 0 radical (unpaired) electrons. The summed E-state index contributed by atoms with van der Waals surface area (Å²) < 4.78 is 9.89. The molecular formula is C14H15Cl3O4. The summed E-state index contributed by atoms with van der Waals surface area (Å²) >= 11 is 17.6. The molecular weight excluding hydrogens is 339 g/mol. The van der Waals surface area contributed by atoms with Crippen LogP contribution in [0.1, 0.15) is 32.6 Å². The average Bonchev–Trinajstić information content (AvgIpc) is 2.41. The van der Waals surface area contributed by atoms with Gasteiger partial charge in [0.15, 0.2) is 5.75 Å². The monoisotopic (exact) mass is 352 g/mol. The van der Waals surface area contributed by atoms with E-state index < -0.39 is 5.97 Å². The van der Waals surface area contributed by atoms with Crippen LogP contribution in [0.3, 0.4) is 0 Å². The molecule has 0 aliphatic heterocycles. The van der Waals surface area contributed by atoms with Gasteiger partial charge in [-0.3, -0.25) is 9.59 Å². The molecule has 0 saturated carbocycles. The van der Waals surface area contributed by atoms with Crippen LogP contribution in [0.15, 0.2) is 12.1 Å². The number of carbonyl (C=O) groups is 2. The number of hydrogen-bond acceptors (Lipinski definition) is 4. The zero-order chi connectivity index (χ0) is 15.8. The number of carbonyl (C=O) groups excluding carboxylic acids is 2. The Morgan fingerprint density at radius 1 is 1.05 bits per heavy atom. The maximum atomic E-state index is 11.7. The molecule has 0 atom stereocenters. The van der Waals surface area contributed by atoms with Crippen molar-refractivity contribution >= 4 is 46.7 Å². The van der Waals surface area contributed by atoms with Gasteiger partial charge in [-0.2, -0.15) is 0 Å². The zero-order valence-electron chi connectivity index (χ0n) is 11.5. The summed E-state index contributed by atoms with van der Waals surface area (Å²) in [5.74, 6) is -0.598. The second-order valence-corrected chi connectivity index (χ2v) is 5.41. The van der Waals surface area contributed by atoms with Gasteiger partial charge in [0.2, 0.25) is 0 Å². The first-order chi connectivity index (χ1) is 9.93. The number of esters is 2. The third-order valence-corrected chi connectivity index (χ3v) is 3.50. The van der Waals surface area contributed by atoms with Crippen molar-refractivity contribution in [3.05, 3.63) is 27.2 Å². The number of unbranched alkanes of at least 4 members (excludes halogenated alkanes) is 1. The molecule has 0 fully saturated rings. The van der Waals surface area contributed by atoms with Crippen LogP contribution in [0.4, 0.5) is 0 Å². The van der Waals surface area contributed by atoms with Crippen molar-refractivity contribution in [1.82, 2.24) is 0 Å². The average molecular weight is 354 g/mol. The number of hydrogen-bond donors (Lipinski definition) is 0. The predicted octanol–water partition coefficient (Wildman–Crippen LogP) is 4.68. The van der Waals surface area contributed by atoms with Crippen molar-refractivity contribution in [3.8, 4) is 5.75 Å². The number of benzene rings is 1. The standard InChI is InChI=1S/C14H15Cl3O4/c1-2-20-12(18)5-3-4-6-13(19)21-11-8-9(15)7-10(16)14(11)17/h7-8H,2-6H2,1H3. The molecule has 7 heteroatoms. The van der Waals surface area contributed by atoms with Crippen LogP contribution < -0.4 is 4.74 Å². The molecule has 0 aliphatic rings. The van der Waals surface area contributed by atoms with E-state index in [1.54, 1.807) is 6.92 Å². The lowest BCUT2D eigenvalue weighted by atomic mass is 10.2. The molecule has 116 valence electrons. The van der Waals surface area contributed by atoms with Gasteiger partial charge in [0, 0.05) is 23.9 Å². The fourth-order valence-corrected chi connectivity index (χ4v) is 2.17. The summed E-state index contributed by atoms with van der Waals surface area (Å²) in [6.45, 7) is 2.10. The molecule has 0 unspecified atom stereocenters. The first-order valence-corrected chi connectivity index (χ1v) is 7.58. The second kappa shape index (κ2) is 9.13. The molecule has 0 heterocycles. The first-order valence-electron chi connectivity index (χ1n) is 6.45. The summed E-state index contributed by atoms with van der Waals surface area (Å²) in [7, 11) is 0. The molecule has 0 aromatic heterocycles. The number of rotatable bonds is 7. The normalized spacial score (nSPS) is 10.3. The summed E-state index contributed by atoms with van der Waals surface area (Å²) in [5, 5.41) is 0.685. The summed E-state index contributed by atoms with van der Waals surface area (Å²) in [6.07, 6.45) is 1.52. The Labute approximate surface area is 138 Å². The van der Waals surface area contributed by atoms with Gasteiger partial charge in [0.05, 0.1) is 11.6 Å². The lowest BCUT2D eigenvalue weighted by Crippen LogP contribution is -2.09. The minimum atomic E-state index is -0.459. The van der Waals surface area contributed by atoms with Crippen LogP contribution in [0, 0.1) is 0 Å². The minimum absolute atomic E-state index is 0.129. The van der Waals surface area contributed by atoms with Crippen molar-refractivity contribution in [1.29, 1.82) is 0 Å². The van der Waals surface area contributed by atoms with Gasteiger partial charge in [-0.15, -0.1) is 0 Å². The second-order valence-electron chi connectivity index (χ2n) is 4.19. The van der Waals surface area contributed by atoms with Crippen LogP contribution in [0.5, 0.6) is 5.75 Å². The molecule has 0 amide bonds. The van der Waals surface area contributed by atoms with Gasteiger partial charge < -0.3 is 9.47 Å². The van der Waals surface area contributed by atoms with Gasteiger partial charge in [0.25, 0.3) is 0 Å². The topological polar surface area (TPSA) is 52.6 Å². The van der Waals surface area contributed by atoms with E-state index >= 15 is 0 Å². The van der Waals surface area contributed by atoms with E-state index in [0.717, 1.165) is 0 Å². The SMILES string of the molecule is CCOC(=O)CCCCC(=O)Oc1cc(Cl)cc(Cl)c1Cl. The van der Waals surface area contributed by atoms with E-state index in [4.69, 9.17) is 44.3 Å². The summed E-state index contributed by atoms with van der Waals surface area (Å²) in [6, 6.07) is 2.88. The number of halogens is 3. The third-order valence-electron chi connectivity index (χ3n) is 2.50. The summed E-state index contributed by atoms with van der Waals surface area (Å²) in [4.78, 5) is 22.8. The van der Waals surface area contributed by atoms with Crippen LogP contribution in [0.2, 0.25) is 15.1 Å². The Kier molecular flexibility index (Phi) is 7.86. The van der Waals surface area contributed by atoms with E-state index in [2.05, 4.69) is 0 Å². The fraction of sp³-hybridized carbons (Fsp3) is 0.429. The Hall–Kier alpha value is -0.970. The molecule has 21 heavy (non-hydrogen) atoms. The van der Waals surface area contributed by atoms with E-state index in [1.807, 2.05) is 0 Å². The Morgan fingerprint density at radius 2 is 1.67 bits per heavy atom. The van der Waals surface area contributed by atoms with E-state index in [-0.39, 0.29) is 34.6 Å². The van der Waals surface area contributed by atoms with Gasteiger partial charge in [0.1, 0.15) is 5.02 Å². The molecule has 0 N–H and O–H groups in total. The number of ether oxygens (including phenoxy) is 2. The predicted molar refractivity (Wildman–Crippen MR) is 82.2 cm³/mol. The molecule has 0 bridgehead atoms. The smallest absolute Gasteiger partial charge is 0.311 e. The van der Waals surface area contributed by atoms with Crippen molar-refractivity contribution in [2.75, 3.05) is 6.61 Å². The van der Waals surface area contributed by atoms with Gasteiger partial charge in [-0.1, -0.05) is 34.8 Å². The van der Waals surface area contributed by atoms with E-state index in [1.165, 1.54) is 12.1 Å². The highest BCUT2D eigenvalue weighted by Crippen LogP contribution is 2.35.